The Morgan fingerprint density at radius 3 is 2.37 bits per heavy atom. The number of thiazole rings is 1. The quantitative estimate of drug-likeness (QED) is 0.0866. The number of nitrogens with zero attached hydrogens (tertiary/aromatic N) is 5. The van der Waals surface area contributed by atoms with Crippen LogP contribution in [0.5, 0.6) is 0 Å². The third-order valence-electron chi connectivity index (χ3n) is 7.75. The molecule has 49 heavy (non-hydrogen) atoms. The van der Waals surface area contributed by atoms with Crippen molar-refractivity contribution < 1.29 is 62.1 Å². The lowest BCUT2D eigenvalue weighted by Gasteiger charge is -2.49. The molecule has 4 aliphatic rings. The van der Waals surface area contributed by atoms with Crippen molar-refractivity contribution in [3.05, 3.63) is 34.0 Å². The number of anilines is 1. The molecule has 1 aromatic rings. The van der Waals surface area contributed by atoms with E-state index in [4.69, 9.17) is 20.4 Å². The lowest BCUT2D eigenvalue weighted by Crippen LogP contribution is -2.71. The third kappa shape index (κ3) is 8.07. The highest BCUT2D eigenvalue weighted by Crippen LogP contribution is 2.41. The topological polar surface area (TPSA) is 245 Å². The van der Waals surface area contributed by atoms with Gasteiger partial charge in [-0.3, -0.25) is 19.3 Å². The number of allylic oxidation sites excluding steroid dienone is 1. The number of nitrogen functional groups attached to an aromatic ring is 1. The summed E-state index contributed by atoms with van der Waals surface area (Å²) in [5.74, 6) is -5.58. The van der Waals surface area contributed by atoms with Crippen molar-refractivity contribution in [2.24, 2.45) is 5.16 Å². The fourth-order valence-electron chi connectivity index (χ4n) is 5.47. The maximum atomic E-state index is 13.3. The first-order chi connectivity index (χ1) is 23.1. The second-order valence-corrected chi connectivity index (χ2v) is 12.7. The smallest absolute Gasteiger partial charge is 0.477 e. The van der Waals surface area contributed by atoms with Crippen molar-refractivity contribution in [1.29, 1.82) is 0 Å². The summed E-state index contributed by atoms with van der Waals surface area (Å²) >= 11 is 2.29. The number of fused-ring (bicyclic) bond motifs is 1. The third-order valence-corrected chi connectivity index (χ3v) is 9.72. The number of aromatic nitrogens is 1. The van der Waals surface area contributed by atoms with Crippen LogP contribution in [0.15, 0.2) is 33.5 Å². The molecule has 4 aliphatic heterocycles. The number of piperidine rings is 1. The number of β-lactam (4-membered cyclic amide) rings is 1. The SMILES string of the molecule is CCOC(=O)N1CCC(N2CC/C(=C\C3=C(C(=O)O)N4C(=O)[C@@H](NC(=O)/C(=N\O)c5csc(N)n5)[C@H]4SC3)C2=O)CC1.O=C(O)C(F)(F)F. The van der Waals surface area contributed by atoms with Crippen molar-refractivity contribution in [2.45, 2.75) is 49.8 Å². The lowest BCUT2D eigenvalue weighted by molar-refractivity contribution is -0.192. The molecule has 0 bridgehead atoms. The van der Waals surface area contributed by atoms with E-state index in [1.54, 1.807) is 22.8 Å². The van der Waals surface area contributed by atoms with Gasteiger partial charge in [0.2, 0.25) is 5.91 Å². The van der Waals surface area contributed by atoms with Crippen LogP contribution in [0.25, 0.3) is 0 Å². The van der Waals surface area contributed by atoms with E-state index in [1.165, 1.54) is 17.1 Å². The van der Waals surface area contributed by atoms with E-state index in [0.29, 0.717) is 56.6 Å². The van der Waals surface area contributed by atoms with Crippen LogP contribution in [0.1, 0.15) is 31.9 Å². The molecular formula is C27H30F3N7O10S2. The molecule has 0 radical (unpaired) electrons. The summed E-state index contributed by atoms with van der Waals surface area (Å²) < 4.78 is 36.8. The number of carboxylic acids is 2. The second kappa shape index (κ2) is 15.1. The highest BCUT2D eigenvalue weighted by Gasteiger charge is 2.54. The van der Waals surface area contributed by atoms with Gasteiger partial charge in [0, 0.05) is 42.4 Å². The van der Waals surface area contributed by atoms with Crippen LogP contribution in [0.2, 0.25) is 0 Å². The molecule has 0 aliphatic carbocycles. The standard InChI is InChI=1S/C25H29N7O8S2.C2HF3O2/c1-2-40-25(38)30-6-4-14(5-7-30)31-8-3-12(20(31)34)9-13-10-41-22-17(21(35)32(22)18(13)23(36)37)28-19(33)16(29-39)15-11-42-24(26)27-15;3-2(4,5)1(6)7/h9,11,14,17,22,39H,2-8,10H2,1H3,(H2,26,27)(H,28,33)(H,36,37);(H,6,7)/b12-9+,29-16-;/t17-,22-;/m1./s1. The Balaban J connectivity index is 0.000000698. The number of nitrogens with two attached hydrogens (primary N) is 1. The highest BCUT2D eigenvalue weighted by molar-refractivity contribution is 8.00. The van der Waals surface area contributed by atoms with Gasteiger partial charge in [0.1, 0.15) is 22.8 Å². The van der Waals surface area contributed by atoms with Crippen molar-refractivity contribution >= 4 is 69.7 Å². The summed E-state index contributed by atoms with van der Waals surface area (Å²) in [5, 5.41) is 32.8. The molecule has 2 atom stereocenters. The van der Waals surface area contributed by atoms with Gasteiger partial charge in [-0.2, -0.15) is 13.2 Å². The van der Waals surface area contributed by atoms with E-state index in [-0.39, 0.29) is 40.3 Å². The maximum Gasteiger partial charge on any atom is 0.490 e. The van der Waals surface area contributed by atoms with E-state index in [9.17, 15) is 47.5 Å². The summed E-state index contributed by atoms with van der Waals surface area (Å²) in [5.41, 5.74) is 5.75. The first kappa shape index (κ1) is 37.0. The first-order valence-corrected chi connectivity index (χ1v) is 16.4. The average Bonchev–Trinajstić information content (AvgIpc) is 3.64. The van der Waals surface area contributed by atoms with Crippen LogP contribution in [0.4, 0.5) is 23.1 Å². The molecule has 0 aromatic carbocycles. The molecule has 6 N–H and O–H groups in total. The summed E-state index contributed by atoms with van der Waals surface area (Å²) in [6.07, 6.45) is -2.22. The molecule has 0 saturated carbocycles. The predicted octanol–water partition coefficient (Wildman–Crippen LogP) is 1.06. The van der Waals surface area contributed by atoms with E-state index in [2.05, 4.69) is 15.5 Å². The Labute approximate surface area is 283 Å². The minimum Gasteiger partial charge on any atom is -0.477 e. The zero-order chi connectivity index (χ0) is 36.2. The van der Waals surface area contributed by atoms with Crippen molar-refractivity contribution in [3.63, 3.8) is 0 Å². The summed E-state index contributed by atoms with van der Waals surface area (Å²) in [4.78, 5) is 80.6. The average molecular weight is 734 g/mol. The molecule has 3 fully saturated rings. The molecule has 5 heterocycles. The van der Waals surface area contributed by atoms with E-state index >= 15 is 0 Å². The number of carbonyl (C=O) groups is 6. The molecule has 17 nitrogen and oxygen atoms in total. The normalized spacial score (nSPS) is 22.3. The molecule has 1 aromatic heterocycles. The molecular weight excluding hydrogens is 703 g/mol. The van der Waals surface area contributed by atoms with Gasteiger partial charge in [0.05, 0.1) is 6.61 Å². The van der Waals surface area contributed by atoms with Gasteiger partial charge >= 0.3 is 24.2 Å². The lowest BCUT2D eigenvalue weighted by atomic mass is 10.0. The number of likely N-dealkylation sites (tertiary alicyclic amines) is 2. The molecule has 0 unspecified atom stereocenters. The van der Waals surface area contributed by atoms with Gasteiger partial charge in [-0.1, -0.05) is 5.16 Å². The van der Waals surface area contributed by atoms with Gasteiger partial charge in [-0.15, -0.1) is 23.1 Å². The number of nitrogens with one attached hydrogen (secondary N) is 1. The number of oxime groups is 1. The fraction of sp³-hybridized carbons (Fsp3) is 0.481. The summed E-state index contributed by atoms with van der Waals surface area (Å²) in [7, 11) is 0. The number of ether oxygens (including phenoxy) is 1. The molecule has 3 saturated heterocycles. The van der Waals surface area contributed by atoms with Crippen molar-refractivity contribution in [1.82, 2.24) is 25.0 Å². The number of rotatable bonds is 7. The van der Waals surface area contributed by atoms with Crippen LogP contribution in [0, 0.1) is 0 Å². The minimum absolute atomic E-state index is 0.0392. The van der Waals surface area contributed by atoms with Crippen LogP contribution in [0.3, 0.4) is 0 Å². The Kier molecular flexibility index (Phi) is 11.4. The van der Waals surface area contributed by atoms with Crippen molar-refractivity contribution in [3.8, 4) is 0 Å². The van der Waals surface area contributed by atoms with Crippen LogP contribution >= 0.6 is 23.1 Å². The number of aliphatic carboxylic acids is 2. The highest BCUT2D eigenvalue weighted by atomic mass is 32.2. The van der Waals surface area contributed by atoms with Crippen molar-refractivity contribution in [2.75, 3.05) is 37.7 Å². The number of carboxylic acid groups (broad SMARTS) is 2. The number of hydrogen-bond acceptors (Lipinski definition) is 13. The van der Waals surface area contributed by atoms with Crippen LogP contribution in [-0.2, 0) is 28.7 Å². The minimum atomic E-state index is -5.08. The predicted molar refractivity (Wildman–Crippen MR) is 164 cm³/mol. The first-order valence-electron chi connectivity index (χ1n) is 14.5. The van der Waals surface area contributed by atoms with Gasteiger partial charge in [0.15, 0.2) is 10.8 Å². The largest absolute Gasteiger partial charge is 0.490 e. The molecule has 22 heteroatoms. The second-order valence-electron chi connectivity index (χ2n) is 10.7. The van der Waals surface area contributed by atoms with E-state index in [0.717, 1.165) is 16.2 Å². The Morgan fingerprint density at radius 1 is 1.18 bits per heavy atom. The number of thioether (sulfide) groups is 1. The number of halogens is 3. The van der Waals surface area contributed by atoms with Gasteiger partial charge in [0.25, 0.3) is 11.8 Å². The van der Waals surface area contributed by atoms with Gasteiger partial charge in [-0.05, 0) is 37.8 Å². The molecule has 0 spiro atoms. The summed E-state index contributed by atoms with van der Waals surface area (Å²) in [6.45, 7) is 3.49. The van der Waals surface area contributed by atoms with Gasteiger partial charge in [-0.25, -0.2) is 19.4 Å². The summed E-state index contributed by atoms with van der Waals surface area (Å²) in [6, 6.07) is -1.09. The zero-order valence-electron chi connectivity index (χ0n) is 25.5. The van der Waals surface area contributed by atoms with E-state index < -0.39 is 47.1 Å². The van der Waals surface area contributed by atoms with Crippen LogP contribution < -0.4 is 11.1 Å². The number of amides is 4. The monoisotopic (exact) mass is 733 g/mol. The number of hydrogen-bond donors (Lipinski definition) is 5. The molecule has 266 valence electrons. The van der Waals surface area contributed by atoms with Crippen LogP contribution in [-0.4, -0.2) is 132 Å². The molecule has 4 amide bonds. The maximum absolute atomic E-state index is 13.3. The number of carbonyl (C=O) groups excluding carboxylic acids is 4. The van der Waals surface area contributed by atoms with E-state index in [1.807, 2.05) is 0 Å². The number of alkyl halides is 3. The molecule has 5 rings (SSSR count). The van der Waals surface area contributed by atoms with Gasteiger partial charge < -0.3 is 41.0 Å². The fourth-order valence-corrected chi connectivity index (χ4v) is 7.33. The zero-order valence-corrected chi connectivity index (χ0v) is 27.1. The Hall–Kier alpha value is -4.86. The Bertz CT molecular complexity index is 1620. The Morgan fingerprint density at radius 2 is 1.84 bits per heavy atom.